The van der Waals surface area contributed by atoms with E-state index in [0.29, 0.717) is 33.1 Å². The summed E-state index contributed by atoms with van der Waals surface area (Å²) < 4.78 is 5.43. The summed E-state index contributed by atoms with van der Waals surface area (Å²) in [5, 5.41) is 20.6. The van der Waals surface area contributed by atoms with Crippen LogP contribution >= 0.6 is 23.1 Å². The highest BCUT2D eigenvalue weighted by molar-refractivity contribution is 8.00. The number of thiophene rings is 1. The molecule has 0 unspecified atom stereocenters. The number of nitriles is 1. The van der Waals surface area contributed by atoms with Gasteiger partial charge in [0.05, 0.1) is 18.4 Å². The molecule has 4 aromatic carbocycles. The smallest absolute Gasteiger partial charge is 0.272 e. The fourth-order valence-corrected chi connectivity index (χ4v) is 6.14. The number of hydrogen-bond acceptors (Lipinski definition) is 7. The lowest BCUT2D eigenvalue weighted by Gasteiger charge is -2.13. The van der Waals surface area contributed by atoms with Crippen molar-refractivity contribution >= 4 is 57.6 Å². The van der Waals surface area contributed by atoms with Crippen LogP contribution in [0.3, 0.4) is 0 Å². The maximum absolute atomic E-state index is 13.5. The van der Waals surface area contributed by atoms with Gasteiger partial charge in [0.25, 0.3) is 11.8 Å². The molecule has 3 N–H and O–H groups in total. The number of carbonyl (C=O) groups excluding carboxylic acids is 3. The van der Waals surface area contributed by atoms with Crippen LogP contribution in [-0.4, -0.2) is 30.6 Å². The van der Waals surface area contributed by atoms with E-state index < -0.39 is 11.8 Å². The van der Waals surface area contributed by atoms with Gasteiger partial charge in [0.2, 0.25) is 5.91 Å². The van der Waals surface area contributed by atoms with Crippen LogP contribution < -0.4 is 20.7 Å². The Labute approximate surface area is 274 Å². The van der Waals surface area contributed by atoms with Gasteiger partial charge in [-0.2, -0.15) is 5.26 Å². The molecule has 0 radical (unpaired) electrons. The van der Waals surface area contributed by atoms with Crippen molar-refractivity contribution in [1.82, 2.24) is 5.32 Å². The Morgan fingerprint density at radius 2 is 1.61 bits per heavy atom. The van der Waals surface area contributed by atoms with Crippen LogP contribution in [0.1, 0.15) is 21.5 Å². The molecule has 46 heavy (non-hydrogen) atoms. The van der Waals surface area contributed by atoms with Crippen LogP contribution in [0.2, 0.25) is 0 Å². The number of hydrogen-bond donors (Lipinski definition) is 3. The van der Waals surface area contributed by atoms with Crippen molar-refractivity contribution in [2.75, 3.05) is 23.5 Å². The average molecular weight is 645 g/mol. The second kappa shape index (κ2) is 15.4. The first kappa shape index (κ1) is 31.8. The number of thioether (sulfide) groups is 1. The van der Waals surface area contributed by atoms with Gasteiger partial charge in [-0.15, -0.1) is 23.1 Å². The highest BCUT2D eigenvalue weighted by Crippen LogP contribution is 2.35. The van der Waals surface area contributed by atoms with Gasteiger partial charge in [-0.3, -0.25) is 14.4 Å². The summed E-state index contributed by atoms with van der Waals surface area (Å²) in [4.78, 5) is 40.1. The average Bonchev–Trinajstić information content (AvgIpc) is 3.50. The van der Waals surface area contributed by atoms with Gasteiger partial charge in [0.1, 0.15) is 22.5 Å². The Kier molecular flexibility index (Phi) is 10.6. The van der Waals surface area contributed by atoms with Crippen molar-refractivity contribution in [2.24, 2.45) is 0 Å². The number of nitrogens with zero attached hydrogens (tertiary/aromatic N) is 1. The molecule has 0 aliphatic rings. The maximum Gasteiger partial charge on any atom is 0.272 e. The van der Waals surface area contributed by atoms with Crippen LogP contribution in [-0.2, 0) is 9.59 Å². The summed E-state index contributed by atoms with van der Waals surface area (Å²) in [6.07, 6.45) is 1.56. The van der Waals surface area contributed by atoms with E-state index >= 15 is 0 Å². The molecule has 1 aromatic heterocycles. The topological polar surface area (TPSA) is 120 Å². The van der Waals surface area contributed by atoms with Crippen LogP contribution in [0.4, 0.5) is 10.7 Å². The largest absolute Gasteiger partial charge is 0.496 e. The number of anilines is 2. The third kappa shape index (κ3) is 8.09. The number of amides is 3. The van der Waals surface area contributed by atoms with Gasteiger partial charge in [-0.25, -0.2) is 0 Å². The van der Waals surface area contributed by atoms with E-state index in [2.05, 4.69) is 22.0 Å². The molecule has 0 saturated heterocycles. The molecule has 0 fully saturated rings. The lowest BCUT2D eigenvalue weighted by atomic mass is 10.1. The summed E-state index contributed by atoms with van der Waals surface area (Å²) in [5.74, 6) is -0.603. The standard InChI is InChI=1S/C36H28N4O4S2/c1-44-32-18-9-8-15-26(32)19-31(39-34(42)25-13-6-3-7-14-25)35(43)38-27-16-10-17-28(20-27)45-23-33(41)40-36-29(21-37)30(22-46-36)24-11-4-2-5-12-24/h2-20,22H,23H2,1H3,(H,38,43)(H,39,42)(H,40,41)/b31-19+. The Balaban J connectivity index is 1.27. The lowest BCUT2D eigenvalue weighted by Crippen LogP contribution is -2.30. The summed E-state index contributed by atoms with van der Waals surface area (Å²) in [5.41, 5.74) is 3.63. The third-order valence-corrected chi connectivity index (χ3v) is 8.56. The monoisotopic (exact) mass is 644 g/mol. The normalized spacial score (nSPS) is 10.8. The number of benzene rings is 4. The number of rotatable bonds is 11. The van der Waals surface area contributed by atoms with Crippen molar-refractivity contribution in [3.63, 3.8) is 0 Å². The van der Waals surface area contributed by atoms with Crippen LogP contribution in [0.5, 0.6) is 5.75 Å². The molecule has 5 rings (SSSR count). The molecular weight excluding hydrogens is 617 g/mol. The summed E-state index contributed by atoms with van der Waals surface area (Å²) in [7, 11) is 1.53. The number of para-hydroxylation sites is 1. The van der Waals surface area contributed by atoms with Crippen molar-refractivity contribution in [2.45, 2.75) is 4.90 Å². The van der Waals surface area contributed by atoms with Crippen molar-refractivity contribution in [3.8, 4) is 22.9 Å². The number of nitrogens with one attached hydrogen (secondary N) is 3. The first-order valence-electron chi connectivity index (χ1n) is 14.1. The third-order valence-electron chi connectivity index (χ3n) is 6.67. The maximum atomic E-state index is 13.5. The number of methoxy groups -OCH3 is 1. The molecule has 0 spiro atoms. The zero-order valence-electron chi connectivity index (χ0n) is 24.7. The van der Waals surface area contributed by atoms with E-state index in [1.54, 1.807) is 66.7 Å². The van der Waals surface area contributed by atoms with Gasteiger partial charge in [-0.1, -0.05) is 72.8 Å². The van der Waals surface area contributed by atoms with Crippen molar-refractivity contribution < 1.29 is 19.1 Å². The molecule has 0 aliphatic carbocycles. The zero-order chi connectivity index (χ0) is 32.3. The first-order valence-corrected chi connectivity index (χ1v) is 15.9. The van der Waals surface area contributed by atoms with E-state index in [1.807, 2.05) is 53.9 Å². The van der Waals surface area contributed by atoms with Crippen LogP contribution in [0, 0.1) is 11.3 Å². The summed E-state index contributed by atoms with van der Waals surface area (Å²) in [6.45, 7) is 0. The second-order valence-electron chi connectivity index (χ2n) is 9.77. The van der Waals surface area contributed by atoms with E-state index in [4.69, 9.17) is 4.74 Å². The molecule has 5 aromatic rings. The van der Waals surface area contributed by atoms with E-state index in [-0.39, 0.29) is 17.4 Å². The minimum atomic E-state index is -0.536. The lowest BCUT2D eigenvalue weighted by molar-refractivity contribution is -0.114. The highest BCUT2D eigenvalue weighted by Gasteiger charge is 2.18. The number of ether oxygens (including phenoxy) is 1. The molecule has 1 heterocycles. The Bertz CT molecular complexity index is 1930. The molecule has 0 aliphatic heterocycles. The Morgan fingerprint density at radius 3 is 2.35 bits per heavy atom. The Morgan fingerprint density at radius 1 is 0.891 bits per heavy atom. The first-order chi connectivity index (χ1) is 22.4. The fraction of sp³-hybridized carbons (Fsp3) is 0.0556. The van der Waals surface area contributed by atoms with Crippen LogP contribution in [0.25, 0.3) is 17.2 Å². The molecular formula is C36H28N4O4S2. The quantitative estimate of drug-likeness (QED) is 0.102. The van der Waals surface area contributed by atoms with Gasteiger partial charge >= 0.3 is 0 Å². The van der Waals surface area contributed by atoms with Crippen LogP contribution in [0.15, 0.2) is 125 Å². The molecule has 3 amide bonds. The van der Waals surface area contributed by atoms with E-state index in [9.17, 15) is 19.6 Å². The molecule has 228 valence electrons. The predicted octanol–water partition coefficient (Wildman–Crippen LogP) is 7.44. The Hall–Kier alpha value is -5.63. The predicted molar refractivity (Wildman–Crippen MR) is 184 cm³/mol. The minimum absolute atomic E-state index is 0.0231. The number of carbonyl (C=O) groups is 3. The van der Waals surface area contributed by atoms with Crippen molar-refractivity contribution in [1.29, 1.82) is 5.26 Å². The van der Waals surface area contributed by atoms with E-state index in [0.717, 1.165) is 16.0 Å². The minimum Gasteiger partial charge on any atom is -0.496 e. The SMILES string of the molecule is COc1ccccc1/C=C(/NC(=O)c1ccccc1)C(=O)Nc1cccc(SCC(=O)Nc2scc(-c3ccccc3)c2C#N)c1. The molecule has 0 bridgehead atoms. The second-order valence-corrected chi connectivity index (χ2v) is 11.7. The van der Waals surface area contributed by atoms with Gasteiger partial charge in [0, 0.05) is 32.7 Å². The zero-order valence-corrected chi connectivity index (χ0v) is 26.3. The highest BCUT2D eigenvalue weighted by atomic mass is 32.2. The molecule has 0 atom stereocenters. The summed E-state index contributed by atoms with van der Waals surface area (Å²) >= 11 is 2.60. The summed E-state index contributed by atoms with van der Waals surface area (Å²) in [6, 6.07) is 34.6. The van der Waals surface area contributed by atoms with Gasteiger partial charge in [-0.05, 0) is 48.0 Å². The van der Waals surface area contributed by atoms with Gasteiger partial charge in [0.15, 0.2) is 0 Å². The van der Waals surface area contributed by atoms with E-state index in [1.165, 1.54) is 30.2 Å². The fourth-order valence-electron chi connectivity index (χ4n) is 4.45. The van der Waals surface area contributed by atoms with Crippen molar-refractivity contribution in [3.05, 3.63) is 137 Å². The molecule has 10 heteroatoms. The molecule has 0 saturated carbocycles. The van der Waals surface area contributed by atoms with Gasteiger partial charge < -0.3 is 20.7 Å². The molecule has 8 nitrogen and oxygen atoms in total.